The van der Waals surface area contributed by atoms with Crippen molar-refractivity contribution in [3.8, 4) is 0 Å². The second-order valence-electron chi connectivity index (χ2n) is 6.29. The predicted octanol–water partition coefficient (Wildman–Crippen LogP) is 1.73. The van der Waals surface area contributed by atoms with Crippen LogP contribution >= 0.6 is 0 Å². The van der Waals surface area contributed by atoms with Crippen LogP contribution in [0.5, 0.6) is 0 Å². The highest BCUT2D eigenvalue weighted by Gasteiger charge is 2.53. The minimum Gasteiger partial charge on any atom is -0.458 e. The molecule has 0 amide bonds. The second-order valence-corrected chi connectivity index (χ2v) is 6.29. The third-order valence-corrected chi connectivity index (χ3v) is 4.00. The zero-order chi connectivity index (χ0) is 19.2. The third kappa shape index (κ3) is 5.97. The molecule has 0 aromatic heterocycles. The van der Waals surface area contributed by atoms with Crippen molar-refractivity contribution in [3.05, 3.63) is 0 Å². The molecular formula is C17H28O8. The van der Waals surface area contributed by atoms with Crippen LogP contribution in [-0.2, 0) is 38.1 Å². The van der Waals surface area contributed by atoms with E-state index in [1.54, 1.807) is 13.8 Å². The van der Waals surface area contributed by atoms with Crippen molar-refractivity contribution in [3.63, 3.8) is 0 Å². The topological polar surface area (TPSA) is 97.4 Å². The number of ether oxygens (including phenoxy) is 5. The van der Waals surface area contributed by atoms with Crippen molar-refractivity contribution < 1.29 is 38.1 Å². The molecule has 1 aliphatic rings. The van der Waals surface area contributed by atoms with Crippen LogP contribution in [0.3, 0.4) is 0 Å². The van der Waals surface area contributed by atoms with E-state index in [0.29, 0.717) is 6.42 Å². The van der Waals surface area contributed by atoms with Gasteiger partial charge in [0.25, 0.3) is 0 Å². The third-order valence-electron chi connectivity index (χ3n) is 4.00. The highest BCUT2D eigenvalue weighted by Crippen LogP contribution is 2.33. The lowest BCUT2D eigenvalue weighted by molar-refractivity contribution is -0.305. The van der Waals surface area contributed by atoms with Gasteiger partial charge in [-0.3, -0.25) is 14.4 Å². The van der Waals surface area contributed by atoms with Crippen molar-refractivity contribution in [2.45, 2.75) is 84.6 Å². The molecule has 0 spiro atoms. The largest absolute Gasteiger partial charge is 0.458 e. The molecule has 144 valence electrons. The number of hydrogen-bond acceptors (Lipinski definition) is 8. The van der Waals surface area contributed by atoms with E-state index in [-0.39, 0.29) is 6.61 Å². The van der Waals surface area contributed by atoms with Gasteiger partial charge in [0.05, 0.1) is 6.61 Å². The summed E-state index contributed by atoms with van der Waals surface area (Å²) in [6.07, 6.45) is -1.55. The molecule has 0 radical (unpaired) electrons. The maximum absolute atomic E-state index is 11.7. The van der Waals surface area contributed by atoms with Crippen LogP contribution in [0.4, 0.5) is 0 Å². The molecule has 1 saturated heterocycles. The summed E-state index contributed by atoms with van der Waals surface area (Å²) in [5.41, 5.74) is -1.35. The van der Waals surface area contributed by atoms with E-state index in [1.165, 1.54) is 20.8 Å². The minimum absolute atomic E-state index is 0.0958. The number of carbonyl (C=O) groups is 3. The lowest BCUT2D eigenvalue weighted by Gasteiger charge is -2.46. The molecule has 5 atom stereocenters. The van der Waals surface area contributed by atoms with E-state index < -0.39 is 48.1 Å². The summed E-state index contributed by atoms with van der Waals surface area (Å²) in [4.78, 5) is 34.5. The van der Waals surface area contributed by atoms with Crippen LogP contribution in [-0.4, -0.2) is 54.7 Å². The fourth-order valence-electron chi connectivity index (χ4n) is 2.83. The Bertz CT molecular complexity index is 491. The normalized spacial score (nSPS) is 26.9. The van der Waals surface area contributed by atoms with E-state index in [1.807, 2.05) is 6.92 Å². The van der Waals surface area contributed by atoms with Gasteiger partial charge in [0.2, 0.25) is 0 Å². The zero-order valence-electron chi connectivity index (χ0n) is 15.7. The molecule has 0 aliphatic carbocycles. The molecule has 0 aromatic carbocycles. The lowest BCUT2D eigenvalue weighted by Crippen LogP contribution is -2.63. The highest BCUT2D eigenvalue weighted by molar-refractivity contribution is 5.68. The monoisotopic (exact) mass is 360 g/mol. The molecule has 0 aromatic rings. The summed E-state index contributed by atoms with van der Waals surface area (Å²) in [6, 6.07) is 0. The molecule has 1 heterocycles. The van der Waals surface area contributed by atoms with E-state index in [4.69, 9.17) is 23.7 Å². The minimum atomic E-state index is -1.35. The molecule has 0 saturated carbocycles. The average Bonchev–Trinajstić information content (AvgIpc) is 2.47. The fourth-order valence-corrected chi connectivity index (χ4v) is 2.83. The Morgan fingerprint density at radius 3 is 2.28 bits per heavy atom. The molecule has 0 N–H and O–H groups in total. The van der Waals surface area contributed by atoms with Crippen LogP contribution in [0.1, 0.15) is 54.4 Å². The smallest absolute Gasteiger partial charge is 0.303 e. The van der Waals surface area contributed by atoms with Crippen LogP contribution in [0, 0.1) is 0 Å². The van der Waals surface area contributed by atoms with Gasteiger partial charge in [0.1, 0.15) is 12.2 Å². The maximum Gasteiger partial charge on any atom is 0.303 e. The van der Waals surface area contributed by atoms with Gasteiger partial charge < -0.3 is 23.7 Å². The van der Waals surface area contributed by atoms with Crippen LogP contribution in [0.15, 0.2) is 0 Å². The Morgan fingerprint density at radius 1 is 1.16 bits per heavy atom. The maximum atomic E-state index is 11.7. The Balaban J connectivity index is 3.18. The van der Waals surface area contributed by atoms with Crippen LogP contribution in [0.25, 0.3) is 0 Å². The molecule has 5 unspecified atom stereocenters. The fraction of sp³-hybridized carbons (Fsp3) is 0.824. The van der Waals surface area contributed by atoms with Gasteiger partial charge >= 0.3 is 17.9 Å². The quantitative estimate of drug-likeness (QED) is 0.500. The molecule has 1 aliphatic heterocycles. The SMILES string of the molecule is CCCC1OCC(OC(C)=O)C(C(C)(OC(C)=O)C(C)OC(C)=O)O1. The van der Waals surface area contributed by atoms with Crippen LogP contribution < -0.4 is 0 Å². The molecular weight excluding hydrogens is 332 g/mol. The summed E-state index contributed by atoms with van der Waals surface area (Å²) in [5, 5.41) is 0. The molecule has 25 heavy (non-hydrogen) atoms. The second kappa shape index (κ2) is 9.15. The van der Waals surface area contributed by atoms with Gasteiger partial charge in [-0.15, -0.1) is 0 Å². The van der Waals surface area contributed by atoms with Crippen LogP contribution in [0.2, 0.25) is 0 Å². The van der Waals surface area contributed by atoms with E-state index in [2.05, 4.69) is 0 Å². The summed E-state index contributed by atoms with van der Waals surface area (Å²) in [5.74, 6) is -1.60. The van der Waals surface area contributed by atoms with Gasteiger partial charge in [-0.05, 0) is 20.3 Å². The first-order valence-electron chi connectivity index (χ1n) is 8.41. The van der Waals surface area contributed by atoms with Gasteiger partial charge in [0.15, 0.2) is 18.0 Å². The summed E-state index contributed by atoms with van der Waals surface area (Å²) in [7, 11) is 0. The molecule has 8 nitrogen and oxygen atoms in total. The van der Waals surface area contributed by atoms with Crippen molar-refractivity contribution in [1.82, 2.24) is 0 Å². The first-order valence-corrected chi connectivity index (χ1v) is 8.41. The van der Waals surface area contributed by atoms with Crippen molar-refractivity contribution in [2.75, 3.05) is 6.61 Å². The lowest BCUT2D eigenvalue weighted by atomic mass is 9.88. The summed E-state index contributed by atoms with van der Waals surface area (Å²) < 4.78 is 27.5. The number of hydrogen-bond donors (Lipinski definition) is 0. The van der Waals surface area contributed by atoms with Crippen molar-refractivity contribution in [1.29, 1.82) is 0 Å². The van der Waals surface area contributed by atoms with Gasteiger partial charge in [-0.2, -0.15) is 0 Å². The van der Waals surface area contributed by atoms with E-state index >= 15 is 0 Å². The number of esters is 3. The molecule has 0 bridgehead atoms. The van der Waals surface area contributed by atoms with Gasteiger partial charge in [-0.1, -0.05) is 13.3 Å². The predicted molar refractivity (Wildman–Crippen MR) is 86.5 cm³/mol. The summed E-state index contributed by atoms with van der Waals surface area (Å²) >= 11 is 0. The first-order chi connectivity index (χ1) is 11.6. The Kier molecular flexibility index (Phi) is 7.82. The Labute approximate surface area is 148 Å². The number of carbonyl (C=O) groups excluding carboxylic acids is 3. The van der Waals surface area contributed by atoms with Crippen molar-refractivity contribution >= 4 is 17.9 Å². The van der Waals surface area contributed by atoms with Crippen molar-refractivity contribution in [2.24, 2.45) is 0 Å². The first kappa shape index (κ1) is 21.4. The van der Waals surface area contributed by atoms with Gasteiger partial charge in [0, 0.05) is 20.8 Å². The standard InChI is InChI=1S/C17H28O8/c1-7-8-15-21-9-14(23-12(4)19)16(24-15)17(6,25-13(5)20)10(2)22-11(3)18/h10,14-16H,7-9H2,1-6H3. The Hall–Kier alpha value is -1.67. The van der Waals surface area contributed by atoms with E-state index in [0.717, 1.165) is 6.42 Å². The number of rotatable bonds is 7. The Morgan fingerprint density at radius 2 is 1.80 bits per heavy atom. The van der Waals surface area contributed by atoms with Gasteiger partial charge in [-0.25, -0.2) is 0 Å². The van der Waals surface area contributed by atoms with E-state index in [9.17, 15) is 14.4 Å². The average molecular weight is 360 g/mol. The summed E-state index contributed by atoms with van der Waals surface area (Å²) in [6.45, 7) is 9.06. The molecule has 1 fully saturated rings. The zero-order valence-corrected chi connectivity index (χ0v) is 15.7. The molecule has 8 heteroatoms. The molecule has 1 rings (SSSR count). The highest BCUT2D eigenvalue weighted by atomic mass is 16.7.